The van der Waals surface area contributed by atoms with E-state index in [4.69, 9.17) is 4.74 Å². The van der Waals surface area contributed by atoms with Crippen molar-refractivity contribution in [1.82, 2.24) is 14.7 Å². The molecule has 2 rings (SSSR count). The highest BCUT2D eigenvalue weighted by molar-refractivity contribution is 9.10. The standard InChI is InChI=1S/C13H20BrN3O2/c1-3-19-13(18)12-11(14)10(15-16(12)2)9-17-7-5-4-6-8-17/h3-9H2,1-2H3. The summed E-state index contributed by atoms with van der Waals surface area (Å²) in [5, 5.41) is 4.43. The number of aryl methyl sites for hydroxylation is 1. The normalized spacial score (nSPS) is 16.6. The summed E-state index contributed by atoms with van der Waals surface area (Å²) < 4.78 is 7.41. The second-order valence-corrected chi connectivity index (χ2v) is 5.58. The Labute approximate surface area is 122 Å². The first-order valence-electron chi connectivity index (χ1n) is 6.74. The Bertz CT molecular complexity index is 453. The number of nitrogens with zero attached hydrogens (tertiary/aromatic N) is 3. The lowest BCUT2D eigenvalue weighted by Gasteiger charge is -2.25. The van der Waals surface area contributed by atoms with Gasteiger partial charge >= 0.3 is 5.97 Å². The Kier molecular flexibility index (Phi) is 4.99. The second kappa shape index (κ2) is 6.52. The summed E-state index contributed by atoms with van der Waals surface area (Å²) in [7, 11) is 1.77. The van der Waals surface area contributed by atoms with E-state index in [0.29, 0.717) is 12.3 Å². The molecule has 0 N–H and O–H groups in total. The molecule has 1 aliphatic rings. The fourth-order valence-electron chi connectivity index (χ4n) is 2.41. The molecule has 1 fully saturated rings. The zero-order valence-electron chi connectivity index (χ0n) is 11.5. The van der Waals surface area contributed by atoms with Crippen molar-refractivity contribution in [3.05, 3.63) is 15.9 Å². The summed E-state index contributed by atoms with van der Waals surface area (Å²) in [5.41, 5.74) is 1.40. The number of carbonyl (C=O) groups excluding carboxylic acids is 1. The summed E-state index contributed by atoms with van der Waals surface area (Å²) in [4.78, 5) is 14.2. The number of esters is 1. The molecule has 2 heterocycles. The number of carbonyl (C=O) groups is 1. The number of rotatable bonds is 4. The van der Waals surface area contributed by atoms with Crippen LogP contribution in [0.25, 0.3) is 0 Å². The zero-order chi connectivity index (χ0) is 13.8. The predicted molar refractivity (Wildman–Crippen MR) is 76.0 cm³/mol. The number of hydrogen-bond donors (Lipinski definition) is 0. The maximum Gasteiger partial charge on any atom is 0.357 e. The smallest absolute Gasteiger partial charge is 0.357 e. The highest BCUT2D eigenvalue weighted by atomic mass is 79.9. The molecule has 0 spiro atoms. The van der Waals surface area contributed by atoms with Gasteiger partial charge in [0, 0.05) is 13.6 Å². The van der Waals surface area contributed by atoms with Gasteiger partial charge in [-0.25, -0.2) is 4.79 Å². The molecule has 1 saturated heterocycles. The van der Waals surface area contributed by atoms with Crippen LogP contribution in [0.1, 0.15) is 42.4 Å². The molecule has 106 valence electrons. The van der Waals surface area contributed by atoms with Gasteiger partial charge in [0.2, 0.25) is 0 Å². The molecule has 1 aromatic rings. The summed E-state index contributed by atoms with van der Waals surface area (Å²) in [5.74, 6) is -0.325. The molecule has 6 heteroatoms. The van der Waals surface area contributed by atoms with Crippen LogP contribution >= 0.6 is 15.9 Å². The lowest BCUT2D eigenvalue weighted by Crippen LogP contribution is -2.29. The SMILES string of the molecule is CCOC(=O)c1c(Br)c(CN2CCCCC2)nn1C. The van der Waals surface area contributed by atoms with Crippen LogP contribution in [0.5, 0.6) is 0 Å². The van der Waals surface area contributed by atoms with Gasteiger partial charge in [-0.1, -0.05) is 6.42 Å². The first kappa shape index (κ1) is 14.5. The van der Waals surface area contributed by atoms with Gasteiger partial charge in [0.25, 0.3) is 0 Å². The molecule has 0 amide bonds. The largest absolute Gasteiger partial charge is 0.461 e. The van der Waals surface area contributed by atoms with Crippen molar-refractivity contribution < 1.29 is 9.53 Å². The van der Waals surface area contributed by atoms with E-state index in [-0.39, 0.29) is 5.97 Å². The van der Waals surface area contributed by atoms with Crippen molar-refractivity contribution in [2.45, 2.75) is 32.7 Å². The topological polar surface area (TPSA) is 47.4 Å². The molecule has 0 bridgehead atoms. The molecule has 19 heavy (non-hydrogen) atoms. The van der Waals surface area contributed by atoms with Crippen molar-refractivity contribution in [2.75, 3.05) is 19.7 Å². The molecule has 0 atom stereocenters. The zero-order valence-corrected chi connectivity index (χ0v) is 13.1. The minimum absolute atomic E-state index is 0.325. The van der Waals surface area contributed by atoms with Crippen LogP contribution in [0.4, 0.5) is 0 Å². The Hall–Kier alpha value is -0.880. The fraction of sp³-hybridized carbons (Fsp3) is 0.692. The number of likely N-dealkylation sites (tertiary alicyclic amines) is 1. The molecule has 0 unspecified atom stereocenters. The van der Waals surface area contributed by atoms with Crippen molar-refractivity contribution >= 4 is 21.9 Å². The van der Waals surface area contributed by atoms with Gasteiger partial charge in [0.15, 0.2) is 5.69 Å². The molecule has 1 aliphatic heterocycles. The maximum atomic E-state index is 11.9. The van der Waals surface area contributed by atoms with Crippen LogP contribution in [-0.4, -0.2) is 40.3 Å². The van der Waals surface area contributed by atoms with Gasteiger partial charge in [0.1, 0.15) is 0 Å². The van der Waals surface area contributed by atoms with E-state index in [1.165, 1.54) is 19.3 Å². The van der Waals surface area contributed by atoms with Crippen molar-refractivity contribution in [2.24, 2.45) is 7.05 Å². The third-order valence-corrected chi connectivity index (χ3v) is 4.18. The number of ether oxygens (including phenoxy) is 1. The minimum atomic E-state index is -0.325. The average molecular weight is 330 g/mol. The number of piperidine rings is 1. The van der Waals surface area contributed by atoms with Gasteiger partial charge in [-0.05, 0) is 48.8 Å². The monoisotopic (exact) mass is 329 g/mol. The molecule has 5 nitrogen and oxygen atoms in total. The molecule has 1 aromatic heterocycles. The van der Waals surface area contributed by atoms with Gasteiger partial charge in [-0.2, -0.15) is 5.10 Å². The third-order valence-electron chi connectivity index (χ3n) is 3.35. The first-order chi connectivity index (χ1) is 9.13. The van der Waals surface area contributed by atoms with E-state index < -0.39 is 0 Å². The Morgan fingerprint density at radius 3 is 2.68 bits per heavy atom. The summed E-state index contributed by atoms with van der Waals surface area (Å²) in [6.45, 7) is 5.18. The summed E-state index contributed by atoms with van der Waals surface area (Å²) in [6, 6.07) is 0. The Morgan fingerprint density at radius 1 is 1.37 bits per heavy atom. The van der Waals surface area contributed by atoms with Crippen LogP contribution < -0.4 is 0 Å². The Morgan fingerprint density at radius 2 is 2.05 bits per heavy atom. The Balaban J connectivity index is 2.13. The van der Waals surface area contributed by atoms with E-state index >= 15 is 0 Å². The number of hydrogen-bond acceptors (Lipinski definition) is 4. The van der Waals surface area contributed by atoms with Crippen LogP contribution in [0.3, 0.4) is 0 Å². The van der Waals surface area contributed by atoms with Crippen molar-refractivity contribution in [3.63, 3.8) is 0 Å². The van der Waals surface area contributed by atoms with E-state index in [2.05, 4.69) is 25.9 Å². The average Bonchev–Trinajstić information content (AvgIpc) is 2.66. The van der Waals surface area contributed by atoms with Crippen molar-refractivity contribution in [3.8, 4) is 0 Å². The highest BCUT2D eigenvalue weighted by Crippen LogP contribution is 2.24. The summed E-state index contributed by atoms with van der Waals surface area (Å²) >= 11 is 3.49. The molecule has 0 aliphatic carbocycles. The van der Waals surface area contributed by atoms with E-state index in [9.17, 15) is 4.79 Å². The maximum absolute atomic E-state index is 11.9. The van der Waals surface area contributed by atoms with Gasteiger partial charge in [-0.15, -0.1) is 0 Å². The lowest BCUT2D eigenvalue weighted by atomic mass is 10.1. The number of halogens is 1. The van der Waals surface area contributed by atoms with E-state index in [1.54, 1.807) is 18.7 Å². The van der Waals surface area contributed by atoms with Crippen LogP contribution in [0.15, 0.2) is 4.47 Å². The molecule has 0 radical (unpaired) electrons. The number of aromatic nitrogens is 2. The second-order valence-electron chi connectivity index (χ2n) is 4.79. The molecule has 0 aromatic carbocycles. The van der Waals surface area contributed by atoms with E-state index in [0.717, 1.165) is 29.8 Å². The van der Waals surface area contributed by atoms with Crippen molar-refractivity contribution in [1.29, 1.82) is 0 Å². The fourth-order valence-corrected chi connectivity index (χ4v) is 3.03. The molecular formula is C13H20BrN3O2. The van der Waals surface area contributed by atoms with Crippen LogP contribution in [0.2, 0.25) is 0 Å². The van der Waals surface area contributed by atoms with Gasteiger partial charge < -0.3 is 4.74 Å². The summed E-state index contributed by atoms with van der Waals surface area (Å²) in [6.07, 6.45) is 3.80. The first-order valence-corrected chi connectivity index (χ1v) is 7.53. The lowest BCUT2D eigenvalue weighted by molar-refractivity contribution is 0.0512. The predicted octanol–water partition coefficient (Wildman–Crippen LogP) is 2.35. The molecular weight excluding hydrogens is 310 g/mol. The van der Waals surface area contributed by atoms with Gasteiger partial charge in [-0.3, -0.25) is 9.58 Å². The van der Waals surface area contributed by atoms with Crippen LogP contribution in [0, 0.1) is 0 Å². The quantitative estimate of drug-likeness (QED) is 0.795. The highest BCUT2D eigenvalue weighted by Gasteiger charge is 2.23. The van der Waals surface area contributed by atoms with Gasteiger partial charge in [0.05, 0.1) is 16.8 Å². The molecule has 0 saturated carbocycles. The van der Waals surface area contributed by atoms with E-state index in [1.807, 2.05) is 0 Å². The minimum Gasteiger partial charge on any atom is -0.461 e. The third kappa shape index (κ3) is 3.36. The van der Waals surface area contributed by atoms with Crippen LogP contribution in [-0.2, 0) is 18.3 Å².